The van der Waals surface area contributed by atoms with Crippen molar-refractivity contribution in [2.75, 3.05) is 11.1 Å². The number of carbonyl (C=O) groups excluding carboxylic acids is 1. The maximum absolute atomic E-state index is 12.1. The number of carbonyl (C=O) groups is 1. The summed E-state index contributed by atoms with van der Waals surface area (Å²) in [6.07, 6.45) is 0. The fraction of sp³-hybridized carbons (Fsp3) is 0.158. The number of nitrogens with one attached hydrogen (secondary N) is 1. The lowest BCUT2D eigenvalue weighted by Crippen LogP contribution is -2.13. The predicted molar refractivity (Wildman–Crippen MR) is 103 cm³/mol. The van der Waals surface area contributed by atoms with Crippen molar-refractivity contribution < 1.29 is 4.79 Å². The number of nitrogens with zero attached hydrogens (tertiary/aromatic N) is 1. The van der Waals surface area contributed by atoms with Gasteiger partial charge in [0.25, 0.3) is 0 Å². The molecule has 0 unspecified atom stereocenters. The molecule has 1 amide bonds. The molecule has 122 valence electrons. The third kappa shape index (κ3) is 4.46. The SMILES string of the molecule is Cc1ccc(SCC(=O)Nc2ccc(-c3csc(C)n3)cc2)cc1. The summed E-state index contributed by atoms with van der Waals surface area (Å²) >= 11 is 3.17. The van der Waals surface area contributed by atoms with E-state index in [1.54, 1.807) is 11.3 Å². The highest BCUT2D eigenvalue weighted by Gasteiger charge is 2.06. The maximum Gasteiger partial charge on any atom is 0.234 e. The number of aromatic nitrogens is 1. The van der Waals surface area contributed by atoms with Crippen LogP contribution in [0.1, 0.15) is 10.6 Å². The van der Waals surface area contributed by atoms with Gasteiger partial charge < -0.3 is 5.32 Å². The number of benzene rings is 2. The first-order chi connectivity index (χ1) is 11.6. The quantitative estimate of drug-likeness (QED) is 0.644. The van der Waals surface area contributed by atoms with Gasteiger partial charge in [-0.25, -0.2) is 4.98 Å². The van der Waals surface area contributed by atoms with Crippen molar-refractivity contribution in [2.45, 2.75) is 18.7 Å². The van der Waals surface area contributed by atoms with Gasteiger partial charge in [-0.3, -0.25) is 4.79 Å². The number of thiazole rings is 1. The van der Waals surface area contributed by atoms with Gasteiger partial charge in [0.15, 0.2) is 0 Å². The largest absolute Gasteiger partial charge is 0.325 e. The molecule has 0 aliphatic heterocycles. The number of thioether (sulfide) groups is 1. The van der Waals surface area contributed by atoms with E-state index in [2.05, 4.69) is 29.4 Å². The third-order valence-corrected chi connectivity index (χ3v) is 5.26. The van der Waals surface area contributed by atoms with Crippen LogP contribution in [0.3, 0.4) is 0 Å². The van der Waals surface area contributed by atoms with Gasteiger partial charge in [-0.1, -0.05) is 29.8 Å². The molecule has 0 radical (unpaired) electrons. The van der Waals surface area contributed by atoms with Crippen LogP contribution in [0.2, 0.25) is 0 Å². The Morgan fingerprint density at radius 3 is 2.42 bits per heavy atom. The Hall–Kier alpha value is -2.11. The van der Waals surface area contributed by atoms with Crippen molar-refractivity contribution in [2.24, 2.45) is 0 Å². The van der Waals surface area contributed by atoms with Gasteiger partial charge in [0.1, 0.15) is 0 Å². The van der Waals surface area contributed by atoms with Gasteiger partial charge >= 0.3 is 0 Å². The Morgan fingerprint density at radius 2 is 1.79 bits per heavy atom. The molecule has 0 aliphatic carbocycles. The molecule has 3 aromatic rings. The number of hydrogen-bond donors (Lipinski definition) is 1. The van der Waals surface area contributed by atoms with Gasteiger partial charge in [0.2, 0.25) is 5.91 Å². The van der Waals surface area contributed by atoms with E-state index in [9.17, 15) is 4.79 Å². The summed E-state index contributed by atoms with van der Waals surface area (Å²) in [7, 11) is 0. The van der Waals surface area contributed by atoms with E-state index in [1.807, 2.05) is 48.7 Å². The first-order valence-corrected chi connectivity index (χ1v) is 9.48. The molecule has 0 bridgehead atoms. The molecule has 0 fully saturated rings. The minimum absolute atomic E-state index is 0.00201. The Bertz CT molecular complexity index is 823. The second-order valence-corrected chi connectivity index (χ2v) is 7.59. The van der Waals surface area contributed by atoms with Crippen molar-refractivity contribution in [3.8, 4) is 11.3 Å². The van der Waals surface area contributed by atoms with E-state index in [1.165, 1.54) is 17.3 Å². The van der Waals surface area contributed by atoms with Crippen LogP contribution in [0.5, 0.6) is 0 Å². The van der Waals surface area contributed by atoms with E-state index in [4.69, 9.17) is 0 Å². The molecule has 0 atom stereocenters. The molecule has 0 aliphatic rings. The van der Waals surface area contributed by atoms with Crippen LogP contribution >= 0.6 is 23.1 Å². The summed E-state index contributed by atoms with van der Waals surface area (Å²) in [5, 5.41) is 6.02. The lowest BCUT2D eigenvalue weighted by molar-refractivity contribution is -0.113. The Morgan fingerprint density at radius 1 is 1.08 bits per heavy atom. The summed E-state index contributed by atoms with van der Waals surface area (Å²) < 4.78 is 0. The lowest BCUT2D eigenvalue weighted by atomic mass is 10.1. The van der Waals surface area contributed by atoms with E-state index in [-0.39, 0.29) is 5.91 Å². The molecule has 0 saturated heterocycles. The standard InChI is InChI=1S/C19H18N2OS2/c1-13-3-9-17(10-4-13)24-12-19(22)21-16-7-5-15(6-8-16)18-11-23-14(2)20-18/h3-11H,12H2,1-2H3,(H,21,22). The minimum Gasteiger partial charge on any atom is -0.325 e. The normalized spacial score (nSPS) is 10.6. The predicted octanol–water partition coefficient (Wildman–Crippen LogP) is 5.16. The van der Waals surface area contributed by atoms with Crippen LogP contribution in [0.25, 0.3) is 11.3 Å². The Labute approximate surface area is 150 Å². The van der Waals surface area contributed by atoms with Gasteiger partial charge in [-0.15, -0.1) is 23.1 Å². The fourth-order valence-electron chi connectivity index (χ4n) is 2.20. The zero-order chi connectivity index (χ0) is 16.9. The second kappa shape index (κ2) is 7.64. The molecule has 1 heterocycles. The molecule has 0 spiro atoms. The number of amides is 1. The Kier molecular flexibility index (Phi) is 5.33. The molecular weight excluding hydrogens is 336 g/mol. The number of anilines is 1. The van der Waals surface area contributed by atoms with E-state index in [0.29, 0.717) is 5.75 Å². The molecule has 1 N–H and O–H groups in total. The Balaban J connectivity index is 1.55. The minimum atomic E-state index is -0.00201. The van der Waals surface area contributed by atoms with E-state index in [0.717, 1.165) is 26.8 Å². The first kappa shape index (κ1) is 16.7. The lowest BCUT2D eigenvalue weighted by Gasteiger charge is -2.06. The van der Waals surface area contributed by atoms with Gasteiger partial charge in [-0.05, 0) is 38.1 Å². The van der Waals surface area contributed by atoms with Crippen LogP contribution in [0, 0.1) is 13.8 Å². The summed E-state index contributed by atoms with van der Waals surface area (Å²) in [6.45, 7) is 4.05. The van der Waals surface area contributed by atoms with E-state index < -0.39 is 0 Å². The molecule has 3 nitrogen and oxygen atoms in total. The third-order valence-electron chi connectivity index (χ3n) is 3.47. The number of aryl methyl sites for hydroxylation is 2. The summed E-state index contributed by atoms with van der Waals surface area (Å²) in [4.78, 5) is 17.6. The van der Waals surface area contributed by atoms with Crippen molar-refractivity contribution in [3.05, 3.63) is 64.5 Å². The molecule has 0 saturated carbocycles. The summed E-state index contributed by atoms with van der Waals surface area (Å²) in [6, 6.07) is 16.0. The molecule has 3 rings (SSSR count). The van der Waals surface area contributed by atoms with Crippen molar-refractivity contribution in [1.82, 2.24) is 4.98 Å². The summed E-state index contributed by atoms with van der Waals surface area (Å²) in [5.41, 5.74) is 4.07. The first-order valence-electron chi connectivity index (χ1n) is 7.62. The monoisotopic (exact) mass is 354 g/mol. The van der Waals surface area contributed by atoms with Gasteiger partial charge in [-0.2, -0.15) is 0 Å². The topological polar surface area (TPSA) is 42.0 Å². The number of rotatable bonds is 5. The molecule has 24 heavy (non-hydrogen) atoms. The van der Waals surface area contributed by atoms with E-state index >= 15 is 0 Å². The zero-order valence-corrected chi connectivity index (χ0v) is 15.2. The second-order valence-electron chi connectivity index (χ2n) is 5.48. The van der Waals surface area contributed by atoms with Gasteiger partial charge in [0.05, 0.1) is 16.5 Å². The molecule has 5 heteroatoms. The van der Waals surface area contributed by atoms with Crippen LogP contribution < -0.4 is 5.32 Å². The van der Waals surface area contributed by atoms with Gasteiger partial charge in [0, 0.05) is 21.5 Å². The van der Waals surface area contributed by atoms with Crippen molar-refractivity contribution in [3.63, 3.8) is 0 Å². The highest BCUT2D eigenvalue weighted by atomic mass is 32.2. The maximum atomic E-state index is 12.1. The highest BCUT2D eigenvalue weighted by Crippen LogP contribution is 2.23. The van der Waals surface area contributed by atoms with Crippen LogP contribution in [0.15, 0.2) is 58.8 Å². The van der Waals surface area contributed by atoms with Crippen molar-refractivity contribution in [1.29, 1.82) is 0 Å². The average Bonchev–Trinajstić information content (AvgIpc) is 3.01. The summed E-state index contributed by atoms with van der Waals surface area (Å²) in [5.74, 6) is 0.397. The highest BCUT2D eigenvalue weighted by molar-refractivity contribution is 8.00. The number of hydrogen-bond acceptors (Lipinski definition) is 4. The molecule has 1 aromatic heterocycles. The van der Waals surface area contributed by atoms with Crippen molar-refractivity contribution >= 4 is 34.7 Å². The molecule has 2 aromatic carbocycles. The van der Waals surface area contributed by atoms with Crippen LogP contribution in [-0.4, -0.2) is 16.6 Å². The smallest absolute Gasteiger partial charge is 0.234 e. The van der Waals surface area contributed by atoms with Crippen LogP contribution in [0.4, 0.5) is 5.69 Å². The fourth-order valence-corrected chi connectivity index (χ4v) is 3.52. The average molecular weight is 355 g/mol. The van der Waals surface area contributed by atoms with Crippen LogP contribution in [-0.2, 0) is 4.79 Å². The zero-order valence-electron chi connectivity index (χ0n) is 13.6. The molecular formula is C19H18N2OS2.